The molecule has 0 spiro atoms. The molecule has 2 aliphatic carbocycles. The third-order valence-corrected chi connectivity index (χ3v) is 4.64. The maximum Gasteiger partial charge on any atom is 0.311 e. The van der Waals surface area contributed by atoms with Gasteiger partial charge in [-0.1, -0.05) is 0 Å². The van der Waals surface area contributed by atoms with Crippen molar-refractivity contribution in [3.63, 3.8) is 0 Å². The van der Waals surface area contributed by atoms with Crippen LogP contribution >= 0.6 is 0 Å². The van der Waals surface area contributed by atoms with Crippen molar-refractivity contribution in [3.05, 3.63) is 0 Å². The Morgan fingerprint density at radius 2 is 2.00 bits per heavy atom. The maximum atomic E-state index is 12.2. The highest BCUT2D eigenvalue weighted by Gasteiger charge is 2.60. The minimum Gasteiger partial charge on any atom is -0.462 e. The molecule has 2 saturated heterocycles. The number of hydrogen-bond acceptors (Lipinski definition) is 5. The fourth-order valence-corrected chi connectivity index (χ4v) is 3.93. The first-order valence-corrected chi connectivity index (χ1v) is 7.27. The zero-order valence-electron chi connectivity index (χ0n) is 12.3. The third-order valence-electron chi connectivity index (χ3n) is 4.64. The molecule has 4 bridgehead atoms. The molecule has 1 N–H and O–H groups in total. The molecule has 5 heteroatoms. The summed E-state index contributed by atoms with van der Waals surface area (Å²) in [7, 11) is 0. The van der Waals surface area contributed by atoms with Gasteiger partial charge in [-0.25, -0.2) is 0 Å². The van der Waals surface area contributed by atoms with E-state index in [9.17, 15) is 14.7 Å². The average molecular weight is 282 g/mol. The lowest BCUT2D eigenvalue weighted by Crippen LogP contribution is -2.57. The Bertz CT molecular complexity index is 465. The average Bonchev–Trinajstić information content (AvgIpc) is 2.37. The first-order valence-electron chi connectivity index (χ1n) is 7.27. The highest BCUT2D eigenvalue weighted by atomic mass is 16.6. The zero-order chi connectivity index (χ0) is 14.8. The molecule has 0 radical (unpaired) electrons. The molecular weight excluding hydrogens is 260 g/mol. The molecule has 4 fully saturated rings. The Labute approximate surface area is 118 Å². The van der Waals surface area contributed by atoms with Gasteiger partial charge >= 0.3 is 11.9 Å². The van der Waals surface area contributed by atoms with E-state index in [0.717, 1.165) is 0 Å². The summed E-state index contributed by atoms with van der Waals surface area (Å²) in [5.41, 5.74) is -2.26. The van der Waals surface area contributed by atoms with Crippen LogP contribution in [-0.4, -0.2) is 34.4 Å². The topological polar surface area (TPSA) is 72.8 Å². The SMILES string of the molecule is CC(C)(C)C(=O)OC12CC3CC(O)(CC(C1)C(=O)O3)C2. The van der Waals surface area contributed by atoms with Crippen molar-refractivity contribution in [2.24, 2.45) is 11.3 Å². The lowest BCUT2D eigenvalue weighted by Gasteiger charge is -2.50. The molecule has 0 amide bonds. The second-order valence-electron chi connectivity index (χ2n) is 7.80. The summed E-state index contributed by atoms with van der Waals surface area (Å²) in [5, 5.41) is 10.7. The molecule has 2 heterocycles. The number of hydrogen-bond donors (Lipinski definition) is 1. The molecule has 4 unspecified atom stereocenters. The van der Waals surface area contributed by atoms with E-state index < -0.39 is 16.6 Å². The van der Waals surface area contributed by atoms with Crippen LogP contribution in [0.25, 0.3) is 0 Å². The molecule has 5 nitrogen and oxygen atoms in total. The Morgan fingerprint density at radius 3 is 2.65 bits per heavy atom. The molecule has 4 rings (SSSR count). The molecule has 112 valence electrons. The van der Waals surface area contributed by atoms with Crippen molar-refractivity contribution in [1.82, 2.24) is 0 Å². The smallest absolute Gasteiger partial charge is 0.311 e. The van der Waals surface area contributed by atoms with Gasteiger partial charge < -0.3 is 14.6 Å². The quantitative estimate of drug-likeness (QED) is 0.739. The van der Waals surface area contributed by atoms with Gasteiger partial charge in [0.25, 0.3) is 0 Å². The van der Waals surface area contributed by atoms with Crippen LogP contribution in [0.3, 0.4) is 0 Å². The Morgan fingerprint density at radius 1 is 1.30 bits per heavy atom. The lowest BCUT2D eigenvalue weighted by atomic mass is 9.63. The van der Waals surface area contributed by atoms with Gasteiger partial charge in [0.2, 0.25) is 0 Å². The second-order valence-corrected chi connectivity index (χ2v) is 7.80. The van der Waals surface area contributed by atoms with Gasteiger partial charge in [-0.15, -0.1) is 0 Å². The summed E-state index contributed by atoms with van der Waals surface area (Å²) in [4.78, 5) is 24.2. The van der Waals surface area contributed by atoms with Crippen molar-refractivity contribution >= 4 is 11.9 Å². The van der Waals surface area contributed by atoms with Gasteiger partial charge in [0, 0.05) is 25.7 Å². The van der Waals surface area contributed by atoms with Gasteiger partial charge in [0.15, 0.2) is 0 Å². The van der Waals surface area contributed by atoms with Crippen molar-refractivity contribution in [3.8, 4) is 0 Å². The predicted octanol–water partition coefficient (Wildman–Crippen LogP) is 1.56. The van der Waals surface area contributed by atoms with Gasteiger partial charge in [0.1, 0.15) is 11.7 Å². The van der Waals surface area contributed by atoms with Gasteiger partial charge in [-0.05, 0) is 27.2 Å². The molecule has 0 aromatic rings. The summed E-state index contributed by atoms with van der Waals surface area (Å²) in [5.74, 6) is -0.885. The van der Waals surface area contributed by atoms with E-state index in [1.54, 1.807) is 20.8 Å². The summed E-state index contributed by atoms with van der Waals surface area (Å²) < 4.78 is 11.2. The normalized spacial score (nSPS) is 43.1. The second kappa shape index (κ2) is 3.97. The lowest BCUT2D eigenvalue weighted by molar-refractivity contribution is -0.201. The van der Waals surface area contributed by atoms with E-state index in [1.807, 2.05) is 0 Å². The van der Waals surface area contributed by atoms with Crippen LogP contribution in [0.2, 0.25) is 0 Å². The van der Waals surface area contributed by atoms with E-state index >= 15 is 0 Å². The van der Waals surface area contributed by atoms with Crippen LogP contribution in [0, 0.1) is 11.3 Å². The largest absolute Gasteiger partial charge is 0.462 e. The van der Waals surface area contributed by atoms with E-state index in [-0.39, 0.29) is 24.0 Å². The molecule has 0 aromatic heterocycles. The fourth-order valence-electron chi connectivity index (χ4n) is 3.93. The van der Waals surface area contributed by atoms with Gasteiger partial charge in [0.05, 0.1) is 16.9 Å². The molecule has 2 saturated carbocycles. The number of carbonyl (C=O) groups is 2. The minimum atomic E-state index is -0.934. The minimum absolute atomic E-state index is 0.251. The molecular formula is C15H22O5. The van der Waals surface area contributed by atoms with Crippen LogP contribution in [0.1, 0.15) is 52.9 Å². The maximum absolute atomic E-state index is 12.2. The van der Waals surface area contributed by atoms with Crippen LogP contribution < -0.4 is 0 Å². The number of esters is 2. The highest BCUT2D eigenvalue weighted by Crippen LogP contribution is 2.53. The van der Waals surface area contributed by atoms with Gasteiger partial charge in [-0.3, -0.25) is 9.59 Å². The Balaban J connectivity index is 1.90. The molecule has 20 heavy (non-hydrogen) atoms. The highest BCUT2D eigenvalue weighted by molar-refractivity contribution is 5.77. The molecule has 4 aliphatic rings. The van der Waals surface area contributed by atoms with Gasteiger partial charge in [-0.2, -0.15) is 0 Å². The number of fused-ring (bicyclic) bond motifs is 1. The number of rotatable bonds is 1. The van der Waals surface area contributed by atoms with Crippen LogP contribution in [-0.2, 0) is 19.1 Å². The predicted molar refractivity (Wildman–Crippen MR) is 69.7 cm³/mol. The van der Waals surface area contributed by atoms with E-state index in [2.05, 4.69) is 0 Å². The van der Waals surface area contributed by atoms with E-state index in [1.165, 1.54) is 0 Å². The molecule has 0 aromatic carbocycles. The van der Waals surface area contributed by atoms with Crippen LogP contribution in [0.4, 0.5) is 0 Å². The van der Waals surface area contributed by atoms with Crippen LogP contribution in [0.15, 0.2) is 0 Å². The number of ether oxygens (including phenoxy) is 2. The van der Waals surface area contributed by atoms with E-state index in [0.29, 0.717) is 32.1 Å². The van der Waals surface area contributed by atoms with Crippen molar-refractivity contribution < 1.29 is 24.2 Å². The summed E-state index contributed by atoms with van der Waals surface area (Å²) in [6, 6.07) is 0. The zero-order valence-corrected chi connectivity index (χ0v) is 12.3. The first kappa shape index (κ1) is 13.9. The Kier molecular flexibility index (Phi) is 2.75. The van der Waals surface area contributed by atoms with Crippen molar-refractivity contribution in [1.29, 1.82) is 0 Å². The number of aliphatic hydroxyl groups is 1. The molecule has 2 aliphatic heterocycles. The van der Waals surface area contributed by atoms with E-state index in [4.69, 9.17) is 9.47 Å². The third kappa shape index (κ3) is 2.22. The summed E-state index contributed by atoms with van der Waals surface area (Å²) >= 11 is 0. The standard InChI is InChI=1S/C15H22O5/c1-13(2,3)12(17)20-15-5-9-4-14(18,8-15)6-10(7-15)19-11(9)16/h9-10,18H,4-8H2,1-3H3. The summed E-state index contributed by atoms with van der Waals surface area (Å²) in [6.07, 6.45) is 1.97. The number of carbonyl (C=O) groups excluding carboxylic acids is 2. The first-order chi connectivity index (χ1) is 9.11. The fraction of sp³-hybridized carbons (Fsp3) is 0.867. The summed E-state index contributed by atoms with van der Waals surface area (Å²) in [6.45, 7) is 5.42. The van der Waals surface area contributed by atoms with Crippen molar-refractivity contribution in [2.45, 2.75) is 70.2 Å². The van der Waals surface area contributed by atoms with Crippen molar-refractivity contribution in [2.75, 3.05) is 0 Å². The monoisotopic (exact) mass is 282 g/mol. The molecule has 4 atom stereocenters. The van der Waals surface area contributed by atoms with Crippen LogP contribution in [0.5, 0.6) is 0 Å². The Hall–Kier alpha value is -1.10.